The van der Waals surface area contributed by atoms with E-state index in [1.807, 2.05) is 78.9 Å². The second kappa shape index (κ2) is 7.19. The van der Waals surface area contributed by atoms with Gasteiger partial charge in [0.15, 0.2) is 6.10 Å². The molecule has 26 heavy (non-hydrogen) atoms. The van der Waals surface area contributed by atoms with E-state index >= 15 is 0 Å². The van der Waals surface area contributed by atoms with Crippen LogP contribution in [0.5, 0.6) is 0 Å². The zero-order valence-corrected chi connectivity index (χ0v) is 14.1. The third-order valence-electron chi connectivity index (χ3n) is 4.29. The van der Waals surface area contributed by atoms with E-state index in [9.17, 15) is 4.79 Å². The lowest BCUT2D eigenvalue weighted by molar-refractivity contribution is 0.0373. The summed E-state index contributed by atoms with van der Waals surface area (Å²) in [6, 6.07) is 28.7. The van der Waals surface area contributed by atoms with E-state index in [0.29, 0.717) is 5.56 Å². The molecule has 0 aliphatic carbocycles. The van der Waals surface area contributed by atoms with Crippen LogP contribution < -0.4 is 0 Å². The van der Waals surface area contributed by atoms with Crippen molar-refractivity contribution in [2.24, 2.45) is 0 Å². The van der Waals surface area contributed by atoms with Crippen molar-refractivity contribution in [2.75, 3.05) is 0 Å². The summed E-state index contributed by atoms with van der Waals surface area (Å²) in [7, 11) is 0. The minimum absolute atomic E-state index is 0.366. The number of ether oxygens (including phenoxy) is 1. The van der Waals surface area contributed by atoms with Crippen LogP contribution in [0.2, 0.25) is 0 Å². The van der Waals surface area contributed by atoms with Gasteiger partial charge in [0, 0.05) is 11.6 Å². The Morgan fingerprint density at radius 2 is 1.42 bits per heavy atom. The number of carbonyl (C=O) groups is 1. The van der Waals surface area contributed by atoms with Crippen molar-refractivity contribution in [1.82, 2.24) is 4.98 Å². The number of pyridine rings is 1. The second-order valence-electron chi connectivity index (χ2n) is 5.98. The van der Waals surface area contributed by atoms with Gasteiger partial charge in [0.05, 0.1) is 11.3 Å². The smallest absolute Gasteiger partial charge is 0.339 e. The Bertz CT molecular complexity index is 1020. The molecule has 4 rings (SSSR count). The molecular formula is C23H17NO2. The molecule has 0 radical (unpaired) electrons. The number of esters is 1. The summed E-state index contributed by atoms with van der Waals surface area (Å²) in [4.78, 5) is 17.2. The minimum atomic E-state index is -0.574. The largest absolute Gasteiger partial charge is 0.447 e. The fraction of sp³-hybridized carbons (Fsp3) is 0.0435. The highest BCUT2D eigenvalue weighted by atomic mass is 16.5. The first kappa shape index (κ1) is 16.0. The first-order chi connectivity index (χ1) is 12.8. The summed E-state index contributed by atoms with van der Waals surface area (Å²) in [5, 5.41) is 2.04. The van der Waals surface area contributed by atoms with E-state index in [1.165, 1.54) is 0 Å². The van der Waals surface area contributed by atoms with E-state index in [4.69, 9.17) is 4.74 Å². The van der Waals surface area contributed by atoms with Crippen LogP contribution in [0.15, 0.2) is 97.2 Å². The Hall–Kier alpha value is -3.46. The zero-order chi connectivity index (χ0) is 17.8. The van der Waals surface area contributed by atoms with E-state index in [2.05, 4.69) is 4.98 Å². The molecule has 0 saturated carbocycles. The highest BCUT2D eigenvalue weighted by Crippen LogP contribution is 2.30. The molecule has 0 bridgehead atoms. The number of fused-ring (bicyclic) bond motifs is 1. The Morgan fingerprint density at radius 1 is 0.769 bits per heavy atom. The summed E-state index contributed by atoms with van der Waals surface area (Å²) >= 11 is 0. The molecule has 1 aromatic heterocycles. The maximum atomic E-state index is 12.7. The summed E-state index contributed by atoms with van der Waals surface area (Å²) < 4.78 is 5.92. The van der Waals surface area contributed by atoms with Crippen LogP contribution in [0.25, 0.3) is 10.8 Å². The van der Waals surface area contributed by atoms with Crippen molar-refractivity contribution in [1.29, 1.82) is 0 Å². The van der Waals surface area contributed by atoms with Gasteiger partial charge in [0.2, 0.25) is 0 Å². The first-order valence-electron chi connectivity index (χ1n) is 8.47. The van der Waals surface area contributed by atoms with Gasteiger partial charge in [-0.1, -0.05) is 72.8 Å². The maximum Gasteiger partial charge on any atom is 0.339 e. The van der Waals surface area contributed by atoms with Gasteiger partial charge in [-0.15, -0.1) is 0 Å². The van der Waals surface area contributed by atoms with E-state index in [-0.39, 0.29) is 5.97 Å². The average Bonchev–Trinajstić information content (AvgIpc) is 2.73. The van der Waals surface area contributed by atoms with Gasteiger partial charge in [-0.3, -0.25) is 4.98 Å². The van der Waals surface area contributed by atoms with Crippen molar-refractivity contribution >= 4 is 16.7 Å². The fourth-order valence-electron chi connectivity index (χ4n) is 3.01. The molecule has 0 aliphatic rings. The lowest BCUT2D eigenvalue weighted by Crippen LogP contribution is -2.14. The summed E-state index contributed by atoms with van der Waals surface area (Å²) in [5.74, 6) is -0.366. The number of hydrogen-bond donors (Lipinski definition) is 0. The molecule has 4 aromatic rings. The predicted molar refractivity (Wildman–Crippen MR) is 102 cm³/mol. The lowest BCUT2D eigenvalue weighted by atomic mass is 10.0. The number of nitrogens with zero attached hydrogens (tertiary/aromatic N) is 1. The molecule has 126 valence electrons. The van der Waals surface area contributed by atoms with Gasteiger partial charge >= 0.3 is 5.97 Å². The first-order valence-corrected chi connectivity index (χ1v) is 8.47. The van der Waals surface area contributed by atoms with Crippen LogP contribution in [0.3, 0.4) is 0 Å². The molecule has 3 heteroatoms. The van der Waals surface area contributed by atoms with Crippen molar-refractivity contribution in [3.8, 4) is 0 Å². The predicted octanol–water partition coefficient (Wildman–Crippen LogP) is 5.18. The molecule has 1 heterocycles. The van der Waals surface area contributed by atoms with Crippen LogP contribution >= 0.6 is 0 Å². The van der Waals surface area contributed by atoms with Gasteiger partial charge in [-0.05, 0) is 29.1 Å². The highest BCUT2D eigenvalue weighted by molar-refractivity contribution is 5.90. The second-order valence-corrected chi connectivity index (χ2v) is 5.98. The molecule has 0 aliphatic heterocycles. The van der Waals surface area contributed by atoms with Crippen LogP contribution in [-0.2, 0) is 4.74 Å². The van der Waals surface area contributed by atoms with Crippen molar-refractivity contribution in [2.45, 2.75) is 6.10 Å². The summed E-state index contributed by atoms with van der Waals surface area (Å²) in [5.41, 5.74) is 2.15. The van der Waals surface area contributed by atoms with Gasteiger partial charge in [0.1, 0.15) is 0 Å². The molecule has 1 atom stereocenters. The topological polar surface area (TPSA) is 39.2 Å². The molecule has 3 aromatic carbocycles. The third-order valence-corrected chi connectivity index (χ3v) is 4.29. The number of hydrogen-bond acceptors (Lipinski definition) is 3. The number of carbonyl (C=O) groups excluding carboxylic acids is 1. The Balaban J connectivity index is 1.80. The number of benzene rings is 3. The SMILES string of the molecule is O=C(O[C@@H](c1ccccc1)c1nccc2ccccc12)c1ccccc1. The average molecular weight is 339 g/mol. The van der Waals surface area contributed by atoms with Crippen LogP contribution in [0, 0.1) is 0 Å². The van der Waals surface area contributed by atoms with Crippen molar-refractivity contribution < 1.29 is 9.53 Å². The van der Waals surface area contributed by atoms with Gasteiger partial charge in [0.25, 0.3) is 0 Å². The molecule has 0 saturated heterocycles. The highest BCUT2D eigenvalue weighted by Gasteiger charge is 2.23. The quantitative estimate of drug-likeness (QED) is 0.481. The van der Waals surface area contributed by atoms with Gasteiger partial charge in [-0.25, -0.2) is 4.79 Å². The Morgan fingerprint density at radius 3 is 2.19 bits per heavy atom. The van der Waals surface area contributed by atoms with Crippen molar-refractivity contribution in [3.63, 3.8) is 0 Å². The minimum Gasteiger partial charge on any atom is -0.447 e. The Kier molecular flexibility index (Phi) is 4.44. The molecule has 0 fully saturated rings. The van der Waals surface area contributed by atoms with Crippen molar-refractivity contribution in [3.05, 3.63) is 114 Å². The normalized spacial score (nSPS) is 11.8. The van der Waals surface area contributed by atoms with Crippen LogP contribution in [0.1, 0.15) is 27.7 Å². The third kappa shape index (κ3) is 3.20. The monoisotopic (exact) mass is 339 g/mol. The number of rotatable bonds is 4. The van der Waals surface area contributed by atoms with E-state index < -0.39 is 6.10 Å². The molecule has 3 nitrogen and oxygen atoms in total. The lowest BCUT2D eigenvalue weighted by Gasteiger charge is -2.19. The summed E-state index contributed by atoms with van der Waals surface area (Å²) in [6.45, 7) is 0. The maximum absolute atomic E-state index is 12.7. The van der Waals surface area contributed by atoms with Crippen LogP contribution in [0.4, 0.5) is 0 Å². The molecule has 0 unspecified atom stereocenters. The fourth-order valence-corrected chi connectivity index (χ4v) is 3.01. The number of aromatic nitrogens is 1. The Labute approximate surface area is 151 Å². The zero-order valence-electron chi connectivity index (χ0n) is 14.1. The van der Waals surface area contributed by atoms with Gasteiger partial charge in [-0.2, -0.15) is 0 Å². The molecule has 0 N–H and O–H groups in total. The molecule has 0 amide bonds. The van der Waals surface area contributed by atoms with Crippen LogP contribution in [-0.4, -0.2) is 11.0 Å². The summed E-state index contributed by atoms with van der Waals surface area (Å²) in [6.07, 6.45) is 1.18. The van der Waals surface area contributed by atoms with Gasteiger partial charge < -0.3 is 4.74 Å². The molecular weight excluding hydrogens is 322 g/mol. The van der Waals surface area contributed by atoms with E-state index in [1.54, 1.807) is 18.3 Å². The van der Waals surface area contributed by atoms with E-state index in [0.717, 1.165) is 22.0 Å². The molecule has 0 spiro atoms. The standard InChI is InChI=1S/C23H17NO2/c25-23(19-12-5-2-6-13-19)26-22(18-10-3-1-4-11-18)21-20-14-8-7-9-17(20)15-16-24-21/h1-16,22H/t22-/m0/s1.